The van der Waals surface area contributed by atoms with Gasteiger partial charge in [-0.15, -0.1) is 0 Å². The molecule has 1 aromatic carbocycles. The Balaban J connectivity index is 1.63. The minimum atomic E-state index is -3.44. The van der Waals surface area contributed by atoms with Crippen molar-refractivity contribution in [3.05, 3.63) is 59.4 Å². The van der Waals surface area contributed by atoms with Crippen molar-refractivity contribution in [2.75, 3.05) is 13.1 Å². The number of rotatable bonds is 5. The zero-order chi connectivity index (χ0) is 17.9. The van der Waals surface area contributed by atoms with E-state index in [0.717, 1.165) is 5.69 Å². The molecule has 0 radical (unpaired) electrons. The standard InChI is InChI=1S/C18H19N3O3S/c1-14-5-6-17(11-20-14)24-18-7-8-21(12-18)25(22,23)13-16-4-2-3-15(9-16)10-19/h2-6,9,11,18H,7-8,12-13H2,1H3/t18-/m0/s1. The highest BCUT2D eigenvalue weighted by Crippen LogP contribution is 2.22. The highest BCUT2D eigenvalue weighted by molar-refractivity contribution is 7.88. The first-order valence-electron chi connectivity index (χ1n) is 8.02. The van der Waals surface area contributed by atoms with E-state index < -0.39 is 10.0 Å². The van der Waals surface area contributed by atoms with Gasteiger partial charge in [0.2, 0.25) is 10.0 Å². The molecule has 7 heteroatoms. The molecule has 0 saturated carbocycles. The quantitative estimate of drug-likeness (QED) is 0.819. The van der Waals surface area contributed by atoms with Gasteiger partial charge in [-0.3, -0.25) is 4.98 Å². The summed E-state index contributed by atoms with van der Waals surface area (Å²) in [7, 11) is -3.44. The lowest BCUT2D eigenvalue weighted by atomic mass is 10.2. The van der Waals surface area contributed by atoms with Crippen molar-refractivity contribution in [3.63, 3.8) is 0 Å². The van der Waals surface area contributed by atoms with E-state index in [1.807, 2.05) is 25.1 Å². The Morgan fingerprint density at radius 1 is 1.36 bits per heavy atom. The van der Waals surface area contributed by atoms with Crippen LogP contribution < -0.4 is 4.74 Å². The van der Waals surface area contributed by atoms with Crippen molar-refractivity contribution in [1.29, 1.82) is 5.26 Å². The molecule has 1 atom stereocenters. The molecule has 0 aliphatic carbocycles. The summed E-state index contributed by atoms with van der Waals surface area (Å²) in [5, 5.41) is 8.93. The van der Waals surface area contributed by atoms with Gasteiger partial charge in [-0.1, -0.05) is 12.1 Å². The van der Waals surface area contributed by atoms with Crippen LogP contribution in [0.15, 0.2) is 42.6 Å². The fourth-order valence-electron chi connectivity index (χ4n) is 2.80. The molecule has 0 unspecified atom stereocenters. The van der Waals surface area contributed by atoms with E-state index in [0.29, 0.717) is 36.4 Å². The van der Waals surface area contributed by atoms with Gasteiger partial charge >= 0.3 is 0 Å². The van der Waals surface area contributed by atoms with Gasteiger partial charge in [0, 0.05) is 12.2 Å². The molecule has 0 bridgehead atoms. The number of hydrogen-bond donors (Lipinski definition) is 0. The van der Waals surface area contributed by atoms with E-state index in [1.165, 1.54) is 4.31 Å². The van der Waals surface area contributed by atoms with Crippen LogP contribution in [0, 0.1) is 18.3 Å². The molecular formula is C18H19N3O3S. The Morgan fingerprint density at radius 2 is 2.20 bits per heavy atom. The van der Waals surface area contributed by atoms with E-state index in [1.54, 1.807) is 30.5 Å². The highest BCUT2D eigenvalue weighted by Gasteiger charge is 2.32. The van der Waals surface area contributed by atoms with E-state index in [4.69, 9.17) is 10.00 Å². The summed E-state index contributed by atoms with van der Waals surface area (Å²) in [6, 6.07) is 12.4. The SMILES string of the molecule is Cc1ccc(O[C@H]2CCN(S(=O)(=O)Cc3cccc(C#N)c3)C2)cn1. The maximum atomic E-state index is 12.6. The molecule has 1 aliphatic rings. The lowest BCUT2D eigenvalue weighted by Gasteiger charge is -2.17. The first-order chi connectivity index (χ1) is 12.0. The van der Waals surface area contributed by atoms with Crippen LogP contribution in [-0.2, 0) is 15.8 Å². The molecule has 2 heterocycles. The predicted octanol–water partition coefficient (Wildman–Crippen LogP) is 2.24. The summed E-state index contributed by atoms with van der Waals surface area (Å²) in [5.74, 6) is 0.540. The molecule has 0 N–H and O–H groups in total. The molecule has 6 nitrogen and oxygen atoms in total. The average Bonchev–Trinajstić information content (AvgIpc) is 3.06. The van der Waals surface area contributed by atoms with E-state index >= 15 is 0 Å². The summed E-state index contributed by atoms with van der Waals surface area (Å²) in [4.78, 5) is 4.18. The van der Waals surface area contributed by atoms with Gasteiger partial charge in [-0.05, 0) is 43.2 Å². The summed E-state index contributed by atoms with van der Waals surface area (Å²) in [5.41, 5.74) is 1.98. The number of nitriles is 1. The molecule has 2 aromatic rings. The van der Waals surface area contributed by atoms with Gasteiger partial charge < -0.3 is 4.74 Å². The number of aryl methyl sites for hydroxylation is 1. The largest absolute Gasteiger partial charge is 0.487 e. The number of hydrogen-bond acceptors (Lipinski definition) is 5. The second-order valence-electron chi connectivity index (χ2n) is 6.09. The Bertz CT molecular complexity index is 889. The Morgan fingerprint density at radius 3 is 2.92 bits per heavy atom. The van der Waals surface area contributed by atoms with Crippen LogP contribution in [0.25, 0.3) is 0 Å². The molecule has 0 spiro atoms. The summed E-state index contributed by atoms with van der Waals surface area (Å²) >= 11 is 0. The number of pyridine rings is 1. The minimum Gasteiger partial charge on any atom is -0.487 e. The molecule has 1 fully saturated rings. The fourth-order valence-corrected chi connectivity index (χ4v) is 4.36. The lowest BCUT2D eigenvalue weighted by molar-refractivity contribution is 0.214. The first-order valence-corrected chi connectivity index (χ1v) is 9.63. The van der Waals surface area contributed by atoms with Gasteiger partial charge in [-0.2, -0.15) is 9.57 Å². The third-order valence-corrected chi connectivity index (χ3v) is 5.91. The zero-order valence-electron chi connectivity index (χ0n) is 13.9. The van der Waals surface area contributed by atoms with Crippen LogP contribution in [0.3, 0.4) is 0 Å². The second kappa shape index (κ2) is 7.21. The zero-order valence-corrected chi connectivity index (χ0v) is 14.7. The van der Waals surface area contributed by atoms with Gasteiger partial charge in [0.15, 0.2) is 0 Å². The number of sulfonamides is 1. The number of ether oxygens (including phenoxy) is 1. The molecule has 25 heavy (non-hydrogen) atoms. The van der Waals surface area contributed by atoms with Gasteiger partial charge in [0.05, 0.1) is 30.1 Å². The van der Waals surface area contributed by atoms with Crippen molar-refractivity contribution < 1.29 is 13.2 Å². The third kappa shape index (κ3) is 4.35. The van der Waals surface area contributed by atoms with Crippen molar-refractivity contribution in [1.82, 2.24) is 9.29 Å². The predicted molar refractivity (Wildman–Crippen MR) is 93.4 cm³/mol. The van der Waals surface area contributed by atoms with Crippen LogP contribution in [0.1, 0.15) is 23.2 Å². The van der Waals surface area contributed by atoms with Crippen molar-refractivity contribution in [2.24, 2.45) is 0 Å². The normalized spacial score (nSPS) is 18.0. The van der Waals surface area contributed by atoms with Crippen LogP contribution in [-0.4, -0.2) is 36.9 Å². The molecule has 1 saturated heterocycles. The Kier molecular flexibility index (Phi) is 5.02. The molecular weight excluding hydrogens is 338 g/mol. The lowest BCUT2D eigenvalue weighted by Crippen LogP contribution is -2.32. The summed E-state index contributed by atoms with van der Waals surface area (Å²) < 4.78 is 32.5. The van der Waals surface area contributed by atoms with Crippen molar-refractivity contribution in [2.45, 2.75) is 25.2 Å². The van der Waals surface area contributed by atoms with Crippen LogP contribution in [0.2, 0.25) is 0 Å². The highest BCUT2D eigenvalue weighted by atomic mass is 32.2. The molecule has 130 valence electrons. The Hall–Kier alpha value is -2.43. The number of aromatic nitrogens is 1. The van der Waals surface area contributed by atoms with Crippen molar-refractivity contribution in [3.8, 4) is 11.8 Å². The fraction of sp³-hybridized carbons (Fsp3) is 0.333. The topological polar surface area (TPSA) is 83.3 Å². The smallest absolute Gasteiger partial charge is 0.218 e. The molecule has 3 rings (SSSR count). The number of benzene rings is 1. The third-order valence-electron chi connectivity index (χ3n) is 4.09. The maximum Gasteiger partial charge on any atom is 0.218 e. The van der Waals surface area contributed by atoms with Gasteiger partial charge in [-0.25, -0.2) is 8.42 Å². The second-order valence-corrected chi connectivity index (χ2v) is 8.06. The van der Waals surface area contributed by atoms with E-state index in [2.05, 4.69) is 4.98 Å². The van der Waals surface area contributed by atoms with Gasteiger partial charge in [0.25, 0.3) is 0 Å². The molecule has 1 aromatic heterocycles. The van der Waals surface area contributed by atoms with E-state index in [9.17, 15) is 8.42 Å². The van der Waals surface area contributed by atoms with Crippen LogP contribution in [0.5, 0.6) is 5.75 Å². The molecule has 0 amide bonds. The number of nitrogens with zero attached hydrogens (tertiary/aromatic N) is 3. The maximum absolute atomic E-state index is 12.6. The molecule has 1 aliphatic heterocycles. The van der Waals surface area contributed by atoms with E-state index in [-0.39, 0.29) is 11.9 Å². The summed E-state index contributed by atoms with van der Waals surface area (Å²) in [6.45, 7) is 2.66. The first kappa shape index (κ1) is 17.4. The minimum absolute atomic E-state index is 0.110. The Labute approximate surface area is 147 Å². The van der Waals surface area contributed by atoms with Crippen molar-refractivity contribution >= 4 is 10.0 Å². The van der Waals surface area contributed by atoms with Gasteiger partial charge in [0.1, 0.15) is 11.9 Å². The summed E-state index contributed by atoms with van der Waals surface area (Å²) in [6.07, 6.45) is 2.12. The monoisotopic (exact) mass is 357 g/mol. The van der Waals surface area contributed by atoms with Crippen LogP contribution >= 0.6 is 0 Å². The average molecular weight is 357 g/mol. The van der Waals surface area contributed by atoms with Crippen LogP contribution in [0.4, 0.5) is 0 Å².